The van der Waals surface area contributed by atoms with E-state index in [0.29, 0.717) is 35.1 Å². The molecule has 1 N–H and O–H groups in total. The molecule has 184 valence electrons. The highest BCUT2D eigenvalue weighted by Gasteiger charge is 2.27. The zero-order valence-corrected chi connectivity index (χ0v) is 20.5. The van der Waals surface area contributed by atoms with Crippen LogP contribution < -0.4 is 23.9 Å². The highest BCUT2D eigenvalue weighted by Crippen LogP contribution is 2.25. The molecule has 3 rings (SSSR count). The predicted octanol–water partition coefficient (Wildman–Crippen LogP) is 3.45. The quantitative estimate of drug-likeness (QED) is 0.321. The van der Waals surface area contributed by atoms with E-state index in [9.17, 15) is 13.2 Å². The fourth-order valence-corrected chi connectivity index (χ4v) is 4.60. The van der Waals surface area contributed by atoms with Gasteiger partial charge in [-0.05, 0) is 55.5 Å². The molecule has 0 atom stereocenters. The topological polar surface area (TPSA) is 107 Å². The van der Waals surface area contributed by atoms with Gasteiger partial charge in [0.1, 0.15) is 23.8 Å². The van der Waals surface area contributed by atoms with E-state index < -0.39 is 22.5 Å². The van der Waals surface area contributed by atoms with E-state index in [1.54, 1.807) is 67.8 Å². The number of methoxy groups -OCH3 is 2. The number of hydrogen-bond donors (Lipinski definition) is 1. The fraction of sp³-hybridized carbons (Fsp3) is 0.200. The minimum Gasteiger partial charge on any atom is -0.497 e. The molecule has 9 nitrogen and oxygen atoms in total. The molecule has 1 amide bonds. The van der Waals surface area contributed by atoms with E-state index in [1.165, 1.54) is 25.5 Å². The lowest BCUT2D eigenvalue weighted by atomic mass is 10.2. The van der Waals surface area contributed by atoms with Gasteiger partial charge in [0.25, 0.3) is 15.9 Å². The summed E-state index contributed by atoms with van der Waals surface area (Å²) in [5, 5.41) is 3.96. The van der Waals surface area contributed by atoms with Gasteiger partial charge >= 0.3 is 0 Å². The van der Waals surface area contributed by atoms with Crippen LogP contribution in [-0.2, 0) is 14.8 Å². The van der Waals surface area contributed by atoms with Crippen molar-refractivity contribution in [3.8, 4) is 17.2 Å². The van der Waals surface area contributed by atoms with E-state index in [2.05, 4.69) is 10.5 Å². The average molecular weight is 498 g/mol. The molecule has 10 heteroatoms. The molecule has 0 unspecified atom stereocenters. The summed E-state index contributed by atoms with van der Waals surface area (Å²) in [7, 11) is -0.993. The molecule has 0 saturated carbocycles. The lowest BCUT2D eigenvalue weighted by Gasteiger charge is -2.23. The number of benzene rings is 3. The Kier molecular flexibility index (Phi) is 8.69. The number of anilines is 1. The van der Waals surface area contributed by atoms with Gasteiger partial charge in [0.2, 0.25) is 0 Å². The molecule has 0 spiro atoms. The van der Waals surface area contributed by atoms with E-state index in [4.69, 9.17) is 14.2 Å². The summed E-state index contributed by atoms with van der Waals surface area (Å²) in [5.41, 5.74) is 3.33. The number of hydrogen-bond acceptors (Lipinski definition) is 7. The first-order valence-corrected chi connectivity index (χ1v) is 12.2. The van der Waals surface area contributed by atoms with Crippen molar-refractivity contribution in [1.29, 1.82) is 0 Å². The lowest BCUT2D eigenvalue weighted by molar-refractivity contribution is -0.119. The third-order valence-electron chi connectivity index (χ3n) is 4.89. The average Bonchev–Trinajstić information content (AvgIpc) is 2.88. The molecule has 3 aromatic rings. The molecule has 0 aliphatic rings. The Balaban J connectivity index is 1.80. The molecule has 0 aliphatic carbocycles. The fourth-order valence-electron chi connectivity index (χ4n) is 3.18. The van der Waals surface area contributed by atoms with Crippen LogP contribution in [0.15, 0.2) is 82.8 Å². The third-order valence-corrected chi connectivity index (χ3v) is 6.68. The first-order valence-electron chi connectivity index (χ1n) is 10.7. The summed E-state index contributed by atoms with van der Waals surface area (Å²) in [6.07, 6.45) is 1.41. The first-order chi connectivity index (χ1) is 16.9. The van der Waals surface area contributed by atoms with E-state index in [0.717, 1.165) is 4.31 Å². The van der Waals surface area contributed by atoms with Crippen LogP contribution in [-0.4, -0.2) is 47.9 Å². The first kappa shape index (κ1) is 25.6. The van der Waals surface area contributed by atoms with E-state index >= 15 is 0 Å². The van der Waals surface area contributed by atoms with Gasteiger partial charge in [-0.1, -0.05) is 18.2 Å². The van der Waals surface area contributed by atoms with E-state index in [-0.39, 0.29) is 4.90 Å². The highest BCUT2D eigenvalue weighted by molar-refractivity contribution is 7.92. The molecule has 0 bridgehead atoms. The molecule has 0 aliphatic heterocycles. The van der Waals surface area contributed by atoms with Crippen molar-refractivity contribution in [2.45, 2.75) is 11.8 Å². The maximum atomic E-state index is 13.4. The van der Waals surface area contributed by atoms with Crippen LogP contribution >= 0.6 is 0 Å². The number of carbonyl (C=O) groups excluding carboxylic acids is 1. The second kappa shape index (κ2) is 11.9. The number of amides is 1. The summed E-state index contributed by atoms with van der Waals surface area (Å²) in [4.78, 5) is 12.7. The van der Waals surface area contributed by atoms with Gasteiger partial charge < -0.3 is 14.2 Å². The maximum Gasteiger partial charge on any atom is 0.264 e. The summed E-state index contributed by atoms with van der Waals surface area (Å²) < 4.78 is 43.7. The summed E-state index contributed by atoms with van der Waals surface area (Å²) >= 11 is 0. The highest BCUT2D eigenvalue weighted by atomic mass is 32.2. The zero-order valence-electron chi connectivity index (χ0n) is 19.7. The van der Waals surface area contributed by atoms with Crippen molar-refractivity contribution in [3.05, 3.63) is 78.4 Å². The van der Waals surface area contributed by atoms with Crippen LogP contribution in [0.25, 0.3) is 0 Å². The number of para-hydroxylation sites is 1. The van der Waals surface area contributed by atoms with Gasteiger partial charge in [0.15, 0.2) is 0 Å². The summed E-state index contributed by atoms with van der Waals surface area (Å²) in [6.45, 7) is 1.83. The Hall–Kier alpha value is -4.05. The summed E-state index contributed by atoms with van der Waals surface area (Å²) in [5.74, 6) is 1.05. The summed E-state index contributed by atoms with van der Waals surface area (Å²) in [6, 6.07) is 19.6. The van der Waals surface area contributed by atoms with Crippen molar-refractivity contribution in [2.75, 3.05) is 31.7 Å². The monoisotopic (exact) mass is 497 g/mol. The second-order valence-corrected chi connectivity index (χ2v) is 9.02. The standard InChI is InChI=1S/C25H27N3O6S/c1-4-34-21-12-14-23(15-13-21)35(30,31)28(20-8-6-5-7-9-20)18-25(29)27-26-17-19-10-11-22(32-2)16-24(19)33-3/h5-17H,4,18H2,1-3H3,(H,27,29)/b26-17-. The lowest BCUT2D eigenvalue weighted by Crippen LogP contribution is -2.39. The van der Waals surface area contributed by atoms with Crippen LogP contribution in [0.3, 0.4) is 0 Å². The molecule has 35 heavy (non-hydrogen) atoms. The van der Waals surface area contributed by atoms with Crippen LogP contribution in [0.1, 0.15) is 12.5 Å². The SMILES string of the molecule is CCOc1ccc(S(=O)(=O)N(CC(=O)N/N=C\c2ccc(OC)cc2OC)c2ccccc2)cc1. The van der Waals surface area contributed by atoms with Gasteiger partial charge in [-0.15, -0.1) is 0 Å². The maximum absolute atomic E-state index is 13.4. The van der Waals surface area contributed by atoms with Crippen LogP contribution in [0.5, 0.6) is 17.2 Å². The molecular weight excluding hydrogens is 470 g/mol. The number of nitrogens with one attached hydrogen (secondary N) is 1. The molecule has 0 radical (unpaired) electrons. The van der Waals surface area contributed by atoms with Gasteiger partial charge in [-0.25, -0.2) is 13.8 Å². The normalized spacial score (nSPS) is 11.2. The number of carbonyl (C=O) groups is 1. The van der Waals surface area contributed by atoms with Crippen molar-refractivity contribution >= 4 is 27.8 Å². The Morgan fingerprint density at radius 3 is 2.29 bits per heavy atom. The van der Waals surface area contributed by atoms with Crippen LogP contribution in [0.2, 0.25) is 0 Å². The zero-order chi connectivity index (χ0) is 25.3. The Morgan fingerprint density at radius 1 is 0.971 bits per heavy atom. The minimum atomic E-state index is -4.05. The second-order valence-electron chi connectivity index (χ2n) is 7.15. The number of ether oxygens (including phenoxy) is 3. The Labute approximate surface area is 205 Å². The molecule has 0 saturated heterocycles. The Bertz CT molecular complexity index is 1260. The minimum absolute atomic E-state index is 0.0316. The number of rotatable bonds is 11. The number of hydrazone groups is 1. The molecular formula is C25H27N3O6S. The Morgan fingerprint density at radius 2 is 1.66 bits per heavy atom. The van der Waals surface area contributed by atoms with Gasteiger partial charge in [-0.2, -0.15) is 5.10 Å². The molecule has 0 fully saturated rings. The van der Waals surface area contributed by atoms with Gasteiger partial charge in [0, 0.05) is 11.6 Å². The van der Waals surface area contributed by atoms with Crippen molar-refractivity contribution < 1.29 is 27.4 Å². The molecule has 3 aromatic carbocycles. The third kappa shape index (κ3) is 6.51. The predicted molar refractivity (Wildman–Crippen MR) is 134 cm³/mol. The van der Waals surface area contributed by atoms with Crippen molar-refractivity contribution in [1.82, 2.24) is 5.43 Å². The van der Waals surface area contributed by atoms with Crippen LogP contribution in [0, 0.1) is 0 Å². The van der Waals surface area contributed by atoms with Gasteiger partial charge in [-0.3, -0.25) is 9.10 Å². The smallest absolute Gasteiger partial charge is 0.264 e. The van der Waals surface area contributed by atoms with Crippen molar-refractivity contribution in [3.63, 3.8) is 0 Å². The largest absolute Gasteiger partial charge is 0.497 e. The van der Waals surface area contributed by atoms with E-state index in [1.807, 2.05) is 6.92 Å². The molecule has 0 aromatic heterocycles. The van der Waals surface area contributed by atoms with Gasteiger partial charge in [0.05, 0.1) is 37.6 Å². The molecule has 0 heterocycles. The number of nitrogens with zero attached hydrogens (tertiary/aromatic N) is 2. The van der Waals surface area contributed by atoms with Crippen LogP contribution in [0.4, 0.5) is 5.69 Å². The number of sulfonamides is 1. The van der Waals surface area contributed by atoms with Crippen molar-refractivity contribution in [2.24, 2.45) is 5.10 Å².